The number of aryl methyl sites for hydroxylation is 1. The van der Waals surface area contributed by atoms with Gasteiger partial charge in [-0.25, -0.2) is 4.98 Å². The highest BCUT2D eigenvalue weighted by Gasteiger charge is 2.13. The quantitative estimate of drug-likeness (QED) is 0.533. The maximum absolute atomic E-state index is 12.2. The Morgan fingerprint density at radius 1 is 1.23 bits per heavy atom. The van der Waals surface area contributed by atoms with Gasteiger partial charge in [-0.05, 0) is 47.2 Å². The van der Waals surface area contributed by atoms with Crippen molar-refractivity contribution in [1.29, 1.82) is 0 Å². The number of thioether (sulfide) groups is 1. The third-order valence-corrected chi connectivity index (χ3v) is 5.43. The number of benzene rings is 2. The molecule has 0 unspecified atom stereocenters. The van der Waals surface area contributed by atoms with Crippen LogP contribution in [0.1, 0.15) is 5.56 Å². The van der Waals surface area contributed by atoms with Crippen LogP contribution < -0.4 is 5.32 Å². The maximum atomic E-state index is 12.2. The van der Waals surface area contributed by atoms with E-state index in [-0.39, 0.29) is 11.7 Å². The van der Waals surface area contributed by atoms with Gasteiger partial charge in [0.15, 0.2) is 5.13 Å². The molecular weight excluding hydrogens is 368 g/mol. The summed E-state index contributed by atoms with van der Waals surface area (Å²) in [6, 6.07) is 15.6. The van der Waals surface area contributed by atoms with Gasteiger partial charge in [-0.3, -0.25) is 4.79 Å². The van der Waals surface area contributed by atoms with Crippen LogP contribution >= 0.6 is 23.1 Å². The molecule has 0 aliphatic carbocycles. The van der Waals surface area contributed by atoms with Crippen LogP contribution in [0.2, 0.25) is 0 Å². The van der Waals surface area contributed by atoms with Gasteiger partial charge >= 0.3 is 0 Å². The fourth-order valence-corrected chi connectivity index (χ4v) is 3.97. The van der Waals surface area contributed by atoms with Crippen LogP contribution in [0.15, 0.2) is 53.7 Å². The number of nitrogens with one attached hydrogen (secondary N) is 1. The van der Waals surface area contributed by atoms with E-state index < -0.39 is 0 Å². The lowest BCUT2D eigenvalue weighted by molar-refractivity contribution is -0.113. The average Bonchev–Trinajstić information content (AvgIpc) is 3.26. The molecule has 1 amide bonds. The predicted octanol–water partition coefficient (Wildman–Crippen LogP) is 3.31. The fraction of sp³-hybridized carbons (Fsp3) is 0.118. The number of nitrogens with zero attached hydrogens (tertiary/aromatic N) is 5. The molecule has 130 valence electrons. The second-order valence-corrected chi connectivity index (χ2v) is 7.51. The molecule has 0 aliphatic heterocycles. The second kappa shape index (κ2) is 7.22. The number of anilines is 1. The average molecular weight is 382 g/mol. The smallest absolute Gasteiger partial charge is 0.236 e. The van der Waals surface area contributed by atoms with Crippen molar-refractivity contribution in [3.8, 4) is 5.69 Å². The first kappa shape index (κ1) is 16.7. The predicted molar refractivity (Wildman–Crippen MR) is 103 cm³/mol. The van der Waals surface area contributed by atoms with E-state index in [0.29, 0.717) is 10.3 Å². The normalized spacial score (nSPS) is 11.0. The van der Waals surface area contributed by atoms with Crippen LogP contribution in [0.3, 0.4) is 0 Å². The van der Waals surface area contributed by atoms with Gasteiger partial charge in [0, 0.05) is 0 Å². The second-order valence-electron chi connectivity index (χ2n) is 5.54. The number of tetrazole rings is 1. The van der Waals surface area contributed by atoms with E-state index in [9.17, 15) is 4.79 Å². The molecule has 0 saturated heterocycles. The molecule has 0 atom stereocenters. The van der Waals surface area contributed by atoms with E-state index in [1.807, 2.05) is 55.5 Å². The van der Waals surface area contributed by atoms with Crippen LogP contribution in [0.4, 0.5) is 5.13 Å². The molecule has 1 N–H and O–H groups in total. The highest BCUT2D eigenvalue weighted by Crippen LogP contribution is 2.26. The first-order valence-electron chi connectivity index (χ1n) is 7.83. The van der Waals surface area contributed by atoms with Crippen molar-refractivity contribution in [3.63, 3.8) is 0 Å². The van der Waals surface area contributed by atoms with Crippen molar-refractivity contribution in [2.24, 2.45) is 0 Å². The molecule has 2 aromatic carbocycles. The van der Waals surface area contributed by atoms with Gasteiger partial charge in [-0.1, -0.05) is 47.4 Å². The molecule has 7 nitrogen and oxygen atoms in total. The van der Waals surface area contributed by atoms with Crippen LogP contribution in [-0.4, -0.2) is 36.9 Å². The van der Waals surface area contributed by atoms with E-state index in [1.165, 1.54) is 23.1 Å². The molecule has 2 aromatic heterocycles. The van der Waals surface area contributed by atoms with Crippen molar-refractivity contribution < 1.29 is 4.79 Å². The van der Waals surface area contributed by atoms with Gasteiger partial charge in [-0.15, -0.1) is 5.10 Å². The Kier molecular flexibility index (Phi) is 4.63. The lowest BCUT2D eigenvalue weighted by atomic mass is 10.2. The van der Waals surface area contributed by atoms with Crippen molar-refractivity contribution in [2.75, 3.05) is 11.1 Å². The largest absolute Gasteiger partial charge is 0.301 e. The zero-order chi connectivity index (χ0) is 17.9. The standard InChI is InChI=1S/C17H14N6OS2/c1-11-5-4-6-12(9-11)23-17(20-21-22-23)25-10-15(24)19-16-18-13-7-2-3-8-14(13)26-16/h2-9H,10H2,1H3,(H,18,19,24). The Bertz CT molecular complexity index is 1040. The molecule has 0 bridgehead atoms. The molecule has 0 radical (unpaired) electrons. The van der Waals surface area contributed by atoms with E-state index in [4.69, 9.17) is 0 Å². The van der Waals surface area contributed by atoms with Gasteiger partial charge in [-0.2, -0.15) is 4.68 Å². The van der Waals surface area contributed by atoms with Crippen molar-refractivity contribution >= 4 is 44.4 Å². The molecule has 4 rings (SSSR count). The fourth-order valence-electron chi connectivity index (χ4n) is 2.40. The molecule has 0 spiro atoms. The number of rotatable bonds is 5. The summed E-state index contributed by atoms with van der Waals surface area (Å²) in [5.41, 5.74) is 2.86. The highest BCUT2D eigenvalue weighted by atomic mass is 32.2. The van der Waals surface area contributed by atoms with Crippen molar-refractivity contribution in [1.82, 2.24) is 25.2 Å². The maximum Gasteiger partial charge on any atom is 0.236 e. The van der Waals surface area contributed by atoms with Crippen LogP contribution in [0, 0.1) is 6.92 Å². The summed E-state index contributed by atoms with van der Waals surface area (Å²) in [7, 11) is 0. The number of aromatic nitrogens is 5. The van der Waals surface area contributed by atoms with Crippen LogP contribution in [-0.2, 0) is 4.79 Å². The summed E-state index contributed by atoms with van der Waals surface area (Å²) in [5.74, 6) is 0.0510. The number of para-hydroxylation sites is 1. The van der Waals surface area contributed by atoms with Gasteiger partial charge in [0.1, 0.15) is 0 Å². The van der Waals surface area contributed by atoms with Crippen LogP contribution in [0.25, 0.3) is 15.9 Å². The SMILES string of the molecule is Cc1cccc(-n2nnnc2SCC(=O)Nc2nc3ccccc3s2)c1. The zero-order valence-corrected chi connectivity index (χ0v) is 15.4. The lowest BCUT2D eigenvalue weighted by Crippen LogP contribution is -2.14. The summed E-state index contributed by atoms with van der Waals surface area (Å²) in [5, 5.41) is 15.7. The molecule has 0 saturated carbocycles. The molecule has 0 aliphatic rings. The summed E-state index contributed by atoms with van der Waals surface area (Å²) >= 11 is 2.73. The zero-order valence-electron chi connectivity index (χ0n) is 13.8. The van der Waals surface area contributed by atoms with Crippen molar-refractivity contribution in [2.45, 2.75) is 12.1 Å². The third kappa shape index (κ3) is 3.58. The number of fused-ring (bicyclic) bond motifs is 1. The Morgan fingerprint density at radius 2 is 2.12 bits per heavy atom. The lowest BCUT2D eigenvalue weighted by Gasteiger charge is -2.05. The highest BCUT2D eigenvalue weighted by molar-refractivity contribution is 7.99. The van der Waals surface area contributed by atoms with Gasteiger partial charge in [0.05, 0.1) is 21.7 Å². The monoisotopic (exact) mass is 382 g/mol. The minimum Gasteiger partial charge on any atom is -0.301 e. The van der Waals surface area contributed by atoms with E-state index in [0.717, 1.165) is 21.5 Å². The van der Waals surface area contributed by atoms with Gasteiger partial charge in [0.25, 0.3) is 0 Å². The first-order valence-corrected chi connectivity index (χ1v) is 9.63. The topological polar surface area (TPSA) is 85.6 Å². The van der Waals surface area contributed by atoms with Crippen LogP contribution in [0.5, 0.6) is 0 Å². The molecule has 0 fully saturated rings. The molecule has 26 heavy (non-hydrogen) atoms. The van der Waals surface area contributed by atoms with Gasteiger partial charge in [0.2, 0.25) is 11.1 Å². The number of hydrogen-bond donors (Lipinski definition) is 1. The minimum absolute atomic E-state index is 0.146. The van der Waals surface area contributed by atoms with E-state index in [1.54, 1.807) is 4.68 Å². The summed E-state index contributed by atoms with van der Waals surface area (Å²) in [4.78, 5) is 16.6. The Morgan fingerprint density at radius 3 is 2.96 bits per heavy atom. The number of carbonyl (C=O) groups is 1. The number of hydrogen-bond acceptors (Lipinski definition) is 7. The van der Waals surface area contributed by atoms with E-state index >= 15 is 0 Å². The number of carbonyl (C=O) groups excluding carboxylic acids is 1. The molecular formula is C17H14N6OS2. The summed E-state index contributed by atoms with van der Waals surface area (Å²) in [6.07, 6.45) is 0. The summed E-state index contributed by atoms with van der Waals surface area (Å²) in [6.45, 7) is 2.01. The Hall–Kier alpha value is -2.78. The van der Waals surface area contributed by atoms with Gasteiger partial charge < -0.3 is 5.32 Å². The first-order chi connectivity index (χ1) is 12.7. The van der Waals surface area contributed by atoms with Crippen molar-refractivity contribution in [3.05, 3.63) is 54.1 Å². The van der Waals surface area contributed by atoms with E-state index in [2.05, 4.69) is 25.8 Å². The minimum atomic E-state index is -0.146. The summed E-state index contributed by atoms with van der Waals surface area (Å²) < 4.78 is 2.67. The Balaban J connectivity index is 1.43. The number of amides is 1. The Labute approximate surface area is 157 Å². The molecule has 4 aromatic rings. The molecule has 9 heteroatoms. The molecule has 2 heterocycles. The number of thiazole rings is 1. The third-order valence-electron chi connectivity index (χ3n) is 3.56.